The number of hydrogen-bond acceptors (Lipinski definition) is 3. The predicted octanol–water partition coefficient (Wildman–Crippen LogP) is 2.08. The lowest BCUT2D eigenvalue weighted by atomic mass is 9.92. The number of phenols is 1. The van der Waals surface area contributed by atoms with E-state index in [2.05, 4.69) is 0 Å². The molecule has 1 unspecified atom stereocenters. The van der Waals surface area contributed by atoms with Crippen LogP contribution in [-0.4, -0.2) is 18.8 Å². The van der Waals surface area contributed by atoms with E-state index in [1.54, 1.807) is 7.11 Å². The van der Waals surface area contributed by atoms with Gasteiger partial charge < -0.3 is 15.6 Å². The zero-order valence-corrected chi connectivity index (χ0v) is 9.79. The number of aryl methyl sites for hydroxylation is 1. The molecule has 0 fully saturated rings. The Morgan fingerprint density at radius 2 is 2.07 bits per heavy atom. The third-order valence-electron chi connectivity index (χ3n) is 2.90. The summed E-state index contributed by atoms with van der Waals surface area (Å²) in [5, 5.41) is 10.0. The topological polar surface area (TPSA) is 55.5 Å². The average Bonchev–Trinajstić information content (AvgIpc) is 2.23. The Morgan fingerprint density at radius 1 is 1.47 bits per heavy atom. The van der Waals surface area contributed by atoms with Gasteiger partial charge in [-0.1, -0.05) is 6.92 Å². The average molecular weight is 209 g/mol. The second-order valence-corrected chi connectivity index (χ2v) is 3.92. The summed E-state index contributed by atoms with van der Waals surface area (Å²) >= 11 is 0. The Balaban J connectivity index is 3.40. The van der Waals surface area contributed by atoms with Gasteiger partial charge in [0, 0.05) is 5.56 Å². The lowest BCUT2D eigenvalue weighted by Gasteiger charge is -2.18. The van der Waals surface area contributed by atoms with E-state index < -0.39 is 0 Å². The van der Waals surface area contributed by atoms with Crippen molar-refractivity contribution in [2.75, 3.05) is 13.7 Å². The molecule has 0 amide bonds. The van der Waals surface area contributed by atoms with Crippen molar-refractivity contribution in [3.8, 4) is 11.5 Å². The van der Waals surface area contributed by atoms with Crippen molar-refractivity contribution in [1.29, 1.82) is 0 Å². The van der Waals surface area contributed by atoms with Crippen LogP contribution in [0, 0.1) is 13.8 Å². The second-order valence-electron chi connectivity index (χ2n) is 3.92. The number of benzene rings is 1. The maximum absolute atomic E-state index is 10.0. The van der Waals surface area contributed by atoms with Gasteiger partial charge in [-0.05, 0) is 43.5 Å². The summed E-state index contributed by atoms with van der Waals surface area (Å²) in [6, 6.07) is 1.84. The molecule has 0 heterocycles. The summed E-state index contributed by atoms with van der Waals surface area (Å²) in [7, 11) is 1.56. The molecule has 15 heavy (non-hydrogen) atoms. The highest BCUT2D eigenvalue weighted by Gasteiger charge is 2.17. The van der Waals surface area contributed by atoms with Gasteiger partial charge in [0.25, 0.3) is 0 Å². The van der Waals surface area contributed by atoms with Gasteiger partial charge in [0.1, 0.15) is 0 Å². The first-order valence-electron chi connectivity index (χ1n) is 5.10. The van der Waals surface area contributed by atoms with Gasteiger partial charge in [-0.25, -0.2) is 0 Å². The highest BCUT2D eigenvalue weighted by atomic mass is 16.5. The number of aromatic hydroxyl groups is 1. The Hall–Kier alpha value is -1.22. The van der Waals surface area contributed by atoms with Crippen molar-refractivity contribution in [2.45, 2.75) is 26.7 Å². The molecule has 0 aliphatic carbocycles. The minimum absolute atomic E-state index is 0.138. The largest absolute Gasteiger partial charge is 0.504 e. The maximum atomic E-state index is 10.0. The molecule has 0 spiro atoms. The molecule has 84 valence electrons. The molecule has 3 N–H and O–H groups in total. The van der Waals surface area contributed by atoms with Crippen LogP contribution in [0.1, 0.15) is 29.5 Å². The van der Waals surface area contributed by atoms with Gasteiger partial charge in [-0.2, -0.15) is 0 Å². The summed E-state index contributed by atoms with van der Waals surface area (Å²) in [4.78, 5) is 0. The molecule has 1 rings (SSSR count). The van der Waals surface area contributed by atoms with E-state index >= 15 is 0 Å². The number of phenolic OH excluding ortho intramolecular Hbond substituents is 1. The normalized spacial score (nSPS) is 12.6. The van der Waals surface area contributed by atoms with Crippen LogP contribution >= 0.6 is 0 Å². The van der Waals surface area contributed by atoms with Gasteiger partial charge in [-0.15, -0.1) is 0 Å². The SMILES string of the molecule is COc1cc(C)c(C)c(C(C)CN)c1O. The smallest absolute Gasteiger partial charge is 0.161 e. The van der Waals surface area contributed by atoms with Gasteiger partial charge in [-0.3, -0.25) is 0 Å². The minimum Gasteiger partial charge on any atom is -0.504 e. The summed E-state index contributed by atoms with van der Waals surface area (Å²) in [5.74, 6) is 0.880. The summed E-state index contributed by atoms with van der Waals surface area (Å²) in [6.07, 6.45) is 0. The molecule has 0 saturated carbocycles. The van der Waals surface area contributed by atoms with Crippen molar-refractivity contribution in [3.63, 3.8) is 0 Å². The Bertz CT molecular complexity index is 361. The number of methoxy groups -OCH3 is 1. The van der Waals surface area contributed by atoms with Crippen LogP contribution in [-0.2, 0) is 0 Å². The number of rotatable bonds is 3. The Morgan fingerprint density at radius 3 is 2.53 bits per heavy atom. The standard InChI is InChI=1S/C12H19NO2/c1-7-5-10(15-4)12(14)11(9(7)3)8(2)6-13/h5,8,14H,6,13H2,1-4H3. The quantitative estimate of drug-likeness (QED) is 0.801. The van der Waals surface area contributed by atoms with Gasteiger partial charge >= 0.3 is 0 Å². The molecule has 0 aromatic heterocycles. The third-order valence-corrected chi connectivity index (χ3v) is 2.90. The number of nitrogens with two attached hydrogens (primary N) is 1. The van der Waals surface area contributed by atoms with Gasteiger partial charge in [0.15, 0.2) is 11.5 Å². The molecule has 3 nitrogen and oxygen atoms in total. The fourth-order valence-corrected chi connectivity index (χ4v) is 1.77. The first-order valence-corrected chi connectivity index (χ1v) is 5.10. The molecular formula is C12H19NO2. The van der Waals surface area contributed by atoms with E-state index in [0.717, 1.165) is 16.7 Å². The summed E-state index contributed by atoms with van der Waals surface area (Å²) in [6.45, 7) is 6.52. The van der Waals surface area contributed by atoms with E-state index in [-0.39, 0.29) is 11.7 Å². The molecule has 1 atom stereocenters. The number of hydrogen-bond donors (Lipinski definition) is 2. The Kier molecular flexibility index (Phi) is 3.58. The minimum atomic E-state index is 0.138. The van der Waals surface area contributed by atoms with Crippen molar-refractivity contribution >= 4 is 0 Å². The zero-order chi connectivity index (χ0) is 11.6. The van der Waals surface area contributed by atoms with Gasteiger partial charge in [0.2, 0.25) is 0 Å². The molecule has 3 heteroatoms. The van der Waals surface area contributed by atoms with Crippen molar-refractivity contribution in [2.24, 2.45) is 5.73 Å². The first kappa shape index (κ1) is 11.9. The maximum Gasteiger partial charge on any atom is 0.161 e. The molecule has 0 saturated heterocycles. The van der Waals surface area contributed by atoms with Crippen LogP contribution in [0.4, 0.5) is 0 Å². The van der Waals surface area contributed by atoms with Crippen LogP contribution in [0.5, 0.6) is 11.5 Å². The lowest BCUT2D eigenvalue weighted by Crippen LogP contribution is -2.11. The zero-order valence-electron chi connectivity index (χ0n) is 9.79. The number of ether oxygens (including phenoxy) is 1. The first-order chi connectivity index (χ1) is 7.02. The molecule has 1 aromatic carbocycles. The van der Waals surface area contributed by atoms with Crippen molar-refractivity contribution < 1.29 is 9.84 Å². The fraction of sp³-hybridized carbons (Fsp3) is 0.500. The molecule has 0 aliphatic rings. The van der Waals surface area contributed by atoms with Crippen LogP contribution in [0.3, 0.4) is 0 Å². The van der Waals surface area contributed by atoms with E-state index in [1.165, 1.54) is 0 Å². The summed E-state index contributed by atoms with van der Waals surface area (Å²) < 4.78 is 5.13. The fourth-order valence-electron chi connectivity index (χ4n) is 1.77. The summed E-state index contributed by atoms with van der Waals surface area (Å²) in [5.41, 5.74) is 8.73. The lowest BCUT2D eigenvalue weighted by molar-refractivity contribution is 0.368. The third kappa shape index (κ3) is 2.07. The monoisotopic (exact) mass is 209 g/mol. The molecule has 0 radical (unpaired) electrons. The molecular weight excluding hydrogens is 190 g/mol. The van der Waals surface area contributed by atoms with E-state index in [1.807, 2.05) is 26.8 Å². The highest BCUT2D eigenvalue weighted by Crippen LogP contribution is 2.38. The molecule has 0 bridgehead atoms. The Labute approximate surface area is 90.9 Å². The molecule has 0 aliphatic heterocycles. The highest BCUT2D eigenvalue weighted by molar-refractivity contribution is 5.54. The van der Waals surface area contributed by atoms with Crippen LogP contribution in [0.15, 0.2) is 6.07 Å². The predicted molar refractivity (Wildman–Crippen MR) is 61.6 cm³/mol. The van der Waals surface area contributed by atoms with E-state index in [9.17, 15) is 5.11 Å². The van der Waals surface area contributed by atoms with E-state index in [0.29, 0.717) is 12.3 Å². The van der Waals surface area contributed by atoms with Crippen molar-refractivity contribution in [1.82, 2.24) is 0 Å². The molecule has 1 aromatic rings. The van der Waals surface area contributed by atoms with Gasteiger partial charge in [0.05, 0.1) is 7.11 Å². The van der Waals surface area contributed by atoms with Crippen LogP contribution in [0.2, 0.25) is 0 Å². The van der Waals surface area contributed by atoms with Crippen molar-refractivity contribution in [3.05, 3.63) is 22.8 Å². The van der Waals surface area contributed by atoms with E-state index in [4.69, 9.17) is 10.5 Å². The van der Waals surface area contributed by atoms with Crippen LogP contribution in [0.25, 0.3) is 0 Å². The van der Waals surface area contributed by atoms with Crippen LogP contribution < -0.4 is 10.5 Å². The second kappa shape index (κ2) is 4.53.